The van der Waals surface area contributed by atoms with E-state index in [0.717, 1.165) is 12.2 Å². The second kappa shape index (κ2) is 2.06. The topological polar surface area (TPSA) is 9.23 Å². The fourth-order valence-electron chi connectivity index (χ4n) is 1.06. The maximum Gasteiger partial charge on any atom is 0.171 e. The molecule has 0 aliphatic carbocycles. The van der Waals surface area contributed by atoms with Crippen LogP contribution in [0.1, 0.15) is 5.56 Å². The van der Waals surface area contributed by atoms with Gasteiger partial charge >= 0.3 is 0 Å². The number of hydrogen-bond acceptors (Lipinski definition) is 2. The van der Waals surface area contributed by atoms with Crippen LogP contribution in [0.15, 0.2) is 24.3 Å². The van der Waals surface area contributed by atoms with Gasteiger partial charge in [0, 0.05) is 12.0 Å². The first-order valence-corrected chi connectivity index (χ1v) is 3.56. The van der Waals surface area contributed by atoms with Gasteiger partial charge in [-0.15, -0.1) is 0 Å². The average Bonchev–Trinajstić information content (AvgIpc) is 2.27. The summed E-state index contributed by atoms with van der Waals surface area (Å²) in [6.45, 7) is 0. The number of para-hydroxylation sites is 1. The van der Waals surface area contributed by atoms with Crippen molar-refractivity contribution in [2.24, 2.45) is 0 Å². The van der Waals surface area contributed by atoms with E-state index in [9.17, 15) is 0 Å². The zero-order chi connectivity index (χ0) is 6.97. The standard InChI is InChI=1S/C8H6OS/c10-8-5-6-3-1-2-4-7(6)9-8/h1-4H,5H2. The van der Waals surface area contributed by atoms with Crippen molar-refractivity contribution in [3.63, 3.8) is 0 Å². The molecular formula is C8H6OS. The largest absolute Gasteiger partial charge is 0.450 e. The van der Waals surface area contributed by atoms with Gasteiger partial charge in [0.05, 0.1) is 0 Å². The summed E-state index contributed by atoms with van der Waals surface area (Å²) in [6, 6.07) is 7.92. The van der Waals surface area contributed by atoms with Gasteiger partial charge in [-0.3, -0.25) is 0 Å². The molecule has 1 heterocycles. The number of benzene rings is 1. The van der Waals surface area contributed by atoms with Crippen molar-refractivity contribution in [1.29, 1.82) is 0 Å². The molecule has 0 aromatic heterocycles. The summed E-state index contributed by atoms with van der Waals surface area (Å²) in [7, 11) is 0. The summed E-state index contributed by atoms with van der Waals surface area (Å²) in [4.78, 5) is 0. The van der Waals surface area contributed by atoms with Gasteiger partial charge in [0.15, 0.2) is 5.05 Å². The van der Waals surface area contributed by atoms with Gasteiger partial charge in [-0.2, -0.15) is 0 Å². The molecule has 50 valence electrons. The summed E-state index contributed by atoms with van der Waals surface area (Å²) >= 11 is 4.90. The van der Waals surface area contributed by atoms with Crippen LogP contribution in [0.4, 0.5) is 0 Å². The minimum atomic E-state index is 0.682. The van der Waals surface area contributed by atoms with Gasteiger partial charge in [0.25, 0.3) is 0 Å². The number of fused-ring (bicyclic) bond motifs is 1. The van der Waals surface area contributed by atoms with Gasteiger partial charge in [0.2, 0.25) is 0 Å². The van der Waals surface area contributed by atoms with Crippen LogP contribution in [0.2, 0.25) is 0 Å². The van der Waals surface area contributed by atoms with Gasteiger partial charge < -0.3 is 4.74 Å². The van der Waals surface area contributed by atoms with E-state index in [4.69, 9.17) is 17.0 Å². The average molecular weight is 150 g/mol. The van der Waals surface area contributed by atoms with Gasteiger partial charge in [-0.1, -0.05) is 18.2 Å². The lowest BCUT2D eigenvalue weighted by molar-refractivity contribution is 0.579. The summed E-state index contributed by atoms with van der Waals surface area (Å²) in [6.07, 6.45) is 0.797. The third-order valence-electron chi connectivity index (χ3n) is 1.53. The van der Waals surface area contributed by atoms with Crippen molar-refractivity contribution < 1.29 is 4.74 Å². The highest BCUT2D eigenvalue weighted by atomic mass is 32.1. The van der Waals surface area contributed by atoms with Crippen LogP contribution >= 0.6 is 12.2 Å². The summed E-state index contributed by atoms with van der Waals surface area (Å²) in [5, 5.41) is 0.682. The predicted octanol–water partition coefficient (Wildman–Crippen LogP) is 1.95. The SMILES string of the molecule is S=C1Cc2ccccc2O1. The van der Waals surface area contributed by atoms with E-state index in [2.05, 4.69) is 0 Å². The van der Waals surface area contributed by atoms with Crippen molar-refractivity contribution >= 4 is 17.3 Å². The zero-order valence-corrected chi connectivity index (χ0v) is 6.15. The zero-order valence-electron chi connectivity index (χ0n) is 5.33. The maximum absolute atomic E-state index is 5.24. The van der Waals surface area contributed by atoms with E-state index < -0.39 is 0 Å². The van der Waals surface area contributed by atoms with Crippen molar-refractivity contribution in [2.45, 2.75) is 6.42 Å². The highest BCUT2D eigenvalue weighted by molar-refractivity contribution is 7.80. The predicted molar refractivity (Wildman–Crippen MR) is 43.4 cm³/mol. The lowest BCUT2D eigenvalue weighted by Gasteiger charge is -1.93. The normalized spacial score (nSPS) is 14.6. The van der Waals surface area contributed by atoms with Crippen LogP contribution in [0.3, 0.4) is 0 Å². The highest BCUT2D eigenvalue weighted by Gasteiger charge is 2.14. The van der Waals surface area contributed by atoms with Crippen LogP contribution in [0.5, 0.6) is 5.75 Å². The Balaban J connectivity index is 2.51. The Hall–Kier alpha value is -0.890. The minimum absolute atomic E-state index is 0.682. The van der Waals surface area contributed by atoms with Crippen LogP contribution in [0, 0.1) is 0 Å². The Kier molecular flexibility index (Phi) is 1.21. The Morgan fingerprint density at radius 2 is 2.10 bits per heavy atom. The second-order valence-electron chi connectivity index (χ2n) is 2.26. The summed E-state index contributed by atoms with van der Waals surface area (Å²) in [5.41, 5.74) is 1.20. The molecule has 0 N–H and O–H groups in total. The Bertz CT molecular complexity index is 253. The second-order valence-corrected chi connectivity index (χ2v) is 2.71. The first-order chi connectivity index (χ1) is 4.86. The Labute approximate surface area is 64.6 Å². The minimum Gasteiger partial charge on any atom is -0.450 e. The molecule has 0 saturated carbocycles. The van der Waals surface area contributed by atoms with E-state index in [1.807, 2.05) is 24.3 Å². The van der Waals surface area contributed by atoms with Gasteiger partial charge in [0.1, 0.15) is 5.75 Å². The maximum atomic E-state index is 5.24. The smallest absolute Gasteiger partial charge is 0.171 e. The van der Waals surface area contributed by atoms with E-state index in [1.54, 1.807) is 0 Å². The molecule has 1 aliphatic rings. The molecule has 0 saturated heterocycles. The number of ether oxygens (including phenoxy) is 1. The fraction of sp³-hybridized carbons (Fsp3) is 0.125. The quantitative estimate of drug-likeness (QED) is 0.523. The van der Waals surface area contributed by atoms with Crippen molar-refractivity contribution in [3.8, 4) is 5.75 Å². The first-order valence-electron chi connectivity index (χ1n) is 3.15. The van der Waals surface area contributed by atoms with Crippen LogP contribution in [0.25, 0.3) is 0 Å². The number of rotatable bonds is 0. The molecule has 2 heteroatoms. The third-order valence-corrected chi connectivity index (χ3v) is 1.76. The van der Waals surface area contributed by atoms with Crippen LogP contribution in [-0.4, -0.2) is 5.05 Å². The molecule has 2 rings (SSSR count). The number of hydrogen-bond donors (Lipinski definition) is 0. The molecular weight excluding hydrogens is 144 g/mol. The van der Waals surface area contributed by atoms with Crippen LogP contribution in [-0.2, 0) is 6.42 Å². The van der Waals surface area contributed by atoms with Gasteiger partial charge in [-0.05, 0) is 18.3 Å². The van der Waals surface area contributed by atoms with E-state index in [0.29, 0.717) is 5.05 Å². The molecule has 0 radical (unpaired) electrons. The molecule has 10 heavy (non-hydrogen) atoms. The molecule has 1 nitrogen and oxygen atoms in total. The Morgan fingerprint density at radius 1 is 1.30 bits per heavy atom. The molecule has 1 aromatic carbocycles. The van der Waals surface area contributed by atoms with Gasteiger partial charge in [-0.25, -0.2) is 0 Å². The number of thiocarbonyl (C=S) groups is 1. The molecule has 0 amide bonds. The van der Waals surface area contributed by atoms with E-state index in [-0.39, 0.29) is 0 Å². The van der Waals surface area contributed by atoms with Crippen molar-refractivity contribution in [3.05, 3.63) is 29.8 Å². The third kappa shape index (κ3) is 0.809. The molecule has 0 spiro atoms. The first kappa shape index (κ1) is 5.86. The monoisotopic (exact) mass is 150 g/mol. The molecule has 1 aromatic rings. The van der Waals surface area contributed by atoms with E-state index >= 15 is 0 Å². The Morgan fingerprint density at radius 3 is 2.90 bits per heavy atom. The lowest BCUT2D eigenvalue weighted by atomic mass is 10.2. The van der Waals surface area contributed by atoms with Crippen molar-refractivity contribution in [1.82, 2.24) is 0 Å². The fourth-order valence-corrected chi connectivity index (χ4v) is 1.31. The lowest BCUT2D eigenvalue weighted by Crippen LogP contribution is -1.96. The van der Waals surface area contributed by atoms with Crippen LogP contribution < -0.4 is 4.74 Å². The van der Waals surface area contributed by atoms with Crippen molar-refractivity contribution in [2.75, 3.05) is 0 Å². The van der Waals surface area contributed by atoms with E-state index in [1.165, 1.54) is 5.56 Å². The molecule has 0 unspecified atom stereocenters. The molecule has 1 aliphatic heterocycles. The molecule has 0 bridgehead atoms. The summed E-state index contributed by atoms with van der Waals surface area (Å²) in [5.74, 6) is 0.924. The highest BCUT2D eigenvalue weighted by Crippen LogP contribution is 2.25. The summed E-state index contributed by atoms with van der Waals surface area (Å²) < 4.78 is 5.24. The molecule has 0 fully saturated rings. The molecule has 0 atom stereocenters.